The summed E-state index contributed by atoms with van der Waals surface area (Å²) in [5.74, 6) is -0.141. The van der Waals surface area contributed by atoms with Crippen LogP contribution in [0.25, 0.3) is 0 Å². The lowest BCUT2D eigenvalue weighted by Crippen LogP contribution is -2.65. The Balaban J connectivity index is 1.71. The van der Waals surface area contributed by atoms with E-state index in [0.717, 1.165) is 0 Å². The Bertz CT molecular complexity index is 1290. The van der Waals surface area contributed by atoms with Crippen molar-refractivity contribution in [1.29, 1.82) is 0 Å². The third kappa shape index (κ3) is 5.95. The van der Waals surface area contributed by atoms with Crippen LogP contribution in [0.3, 0.4) is 0 Å². The first-order valence-corrected chi connectivity index (χ1v) is 18.9. The van der Waals surface area contributed by atoms with Crippen LogP contribution in [0.5, 0.6) is 0 Å². The number of nitrogens with one attached hydrogen (secondary N) is 1. The molecule has 2 fully saturated rings. The van der Waals surface area contributed by atoms with Gasteiger partial charge in [-0.2, -0.15) is 4.98 Å². The van der Waals surface area contributed by atoms with E-state index in [4.69, 9.17) is 22.4 Å². The van der Waals surface area contributed by atoms with E-state index in [9.17, 15) is 9.59 Å². The number of hydrogen-bond acceptors (Lipinski definition) is 8. The van der Waals surface area contributed by atoms with Gasteiger partial charge in [-0.25, -0.2) is 4.79 Å². The molecule has 0 radical (unpaired) electrons. The molecule has 4 rings (SSSR count). The fourth-order valence-electron chi connectivity index (χ4n) is 6.24. The summed E-state index contributed by atoms with van der Waals surface area (Å²) in [6.07, 6.45) is -0.735. The molecule has 1 aromatic carbocycles. The Morgan fingerprint density at radius 1 is 1.00 bits per heavy atom. The van der Waals surface area contributed by atoms with Gasteiger partial charge >= 0.3 is 22.8 Å². The standard InChI is InChI=1S/C30H47N3O7Si2/c1-18(2)41(19(3)4)37-17-24-25(39-42(40-41,20(5)6)21(7)8)26(36-10)29(38-24)33-16-22(9)27(32-30(33)35)31-28(34)23-14-12-11-13-15-23/h11-16,18-21,24-26,29H,17H2,1-10H3,(H,31,32,34,35)/t24-,25-,26-,29-/m1/s1. The largest absolute Gasteiger partial charge is 0.414 e. The van der Waals surface area contributed by atoms with E-state index in [1.165, 1.54) is 4.57 Å². The van der Waals surface area contributed by atoms with E-state index >= 15 is 0 Å². The maximum Gasteiger partial charge on any atom is 0.351 e. The van der Waals surface area contributed by atoms with Gasteiger partial charge in [0.05, 0.1) is 6.61 Å². The third-order valence-corrected chi connectivity index (χ3v) is 18.8. The zero-order valence-electron chi connectivity index (χ0n) is 26.5. The lowest BCUT2D eigenvalue weighted by Gasteiger charge is -2.51. The van der Waals surface area contributed by atoms with Crippen LogP contribution in [0.1, 0.15) is 77.5 Å². The van der Waals surface area contributed by atoms with Gasteiger partial charge in [0.1, 0.15) is 24.1 Å². The van der Waals surface area contributed by atoms with Crippen molar-refractivity contribution in [3.63, 3.8) is 0 Å². The molecule has 12 heteroatoms. The molecule has 0 unspecified atom stereocenters. The smallest absolute Gasteiger partial charge is 0.351 e. The molecule has 1 aromatic heterocycles. The number of ether oxygens (including phenoxy) is 2. The number of anilines is 1. The highest BCUT2D eigenvalue weighted by Crippen LogP contribution is 2.48. The molecule has 3 heterocycles. The number of amides is 1. The summed E-state index contributed by atoms with van der Waals surface area (Å²) in [5.41, 5.74) is 1.20. The number of carbonyl (C=O) groups excluding carboxylic acids is 1. The first-order chi connectivity index (χ1) is 19.8. The highest BCUT2D eigenvalue weighted by molar-refractivity contribution is 6.84. The van der Waals surface area contributed by atoms with E-state index < -0.39 is 47.4 Å². The summed E-state index contributed by atoms with van der Waals surface area (Å²) in [5, 5.41) is 2.76. The normalized spacial score (nSPS) is 25.5. The van der Waals surface area contributed by atoms with Crippen molar-refractivity contribution in [1.82, 2.24) is 9.55 Å². The molecule has 1 N–H and O–H groups in total. The average molecular weight is 618 g/mol. The molecule has 2 aromatic rings. The van der Waals surface area contributed by atoms with Crippen LogP contribution in [-0.4, -0.2) is 64.6 Å². The summed E-state index contributed by atoms with van der Waals surface area (Å²) in [7, 11) is -4.06. The van der Waals surface area contributed by atoms with Crippen LogP contribution in [0.4, 0.5) is 5.82 Å². The molecule has 0 saturated carbocycles. The molecule has 2 aliphatic heterocycles. The van der Waals surface area contributed by atoms with Crippen molar-refractivity contribution in [2.45, 2.75) is 109 Å². The Morgan fingerprint density at radius 3 is 2.14 bits per heavy atom. The van der Waals surface area contributed by atoms with Crippen molar-refractivity contribution in [3.05, 3.63) is 58.1 Å². The predicted molar refractivity (Wildman–Crippen MR) is 166 cm³/mol. The number of aryl methyl sites for hydroxylation is 1. The monoisotopic (exact) mass is 617 g/mol. The van der Waals surface area contributed by atoms with Gasteiger partial charge in [0.2, 0.25) is 0 Å². The van der Waals surface area contributed by atoms with Gasteiger partial charge < -0.3 is 27.8 Å². The molecule has 0 spiro atoms. The van der Waals surface area contributed by atoms with Crippen molar-refractivity contribution >= 4 is 28.8 Å². The second-order valence-corrected chi connectivity index (χ2v) is 21.5. The van der Waals surface area contributed by atoms with Crippen LogP contribution in [0.15, 0.2) is 41.3 Å². The minimum atomic E-state index is -2.91. The number of fused-ring (bicyclic) bond motifs is 1. The maximum atomic E-state index is 13.4. The maximum absolute atomic E-state index is 13.4. The van der Waals surface area contributed by atoms with E-state index in [0.29, 0.717) is 11.1 Å². The van der Waals surface area contributed by atoms with Crippen LogP contribution < -0.4 is 11.0 Å². The van der Waals surface area contributed by atoms with Gasteiger partial charge in [-0.05, 0) is 41.2 Å². The van der Waals surface area contributed by atoms with Gasteiger partial charge in [-0.3, -0.25) is 9.36 Å². The van der Waals surface area contributed by atoms with Gasteiger partial charge in [0.25, 0.3) is 5.91 Å². The Morgan fingerprint density at radius 2 is 1.60 bits per heavy atom. The van der Waals surface area contributed by atoms with E-state index in [1.807, 2.05) is 6.07 Å². The highest BCUT2D eigenvalue weighted by atomic mass is 28.5. The molecular weight excluding hydrogens is 571 g/mol. The van der Waals surface area contributed by atoms with Gasteiger partial charge in [-0.1, -0.05) is 73.6 Å². The number of benzene rings is 1. The minimum Gasteiger partial charge on any atom is -0.414 e. The van der Waals surface area contributed by atoms with Crippen LogP contribution >= 0.6 is 0 Å². The lowest BCUT2D eigenvalue weighted by atomic mass is 10.1. The molecule has 0 aliphatic carbocycles. The zero-order valence-corrected chi connectivity index (χ0v) is 28.5. The predicted octanol–water partition coefficient (Wildman–Crippen LogP) is 5.67. The molecule has 10 nitrogen and oxygen atoms in total. The Hall–Kier alpha value is -2.20. The van der Waals surface area contributed by atoms with E-state index in [1.54, 1.807) is 44.5 Å². The molecule has 42 heavy (non-hydrogen) atoms. The van der Waals surface area contributed by atoms with Crippen molar-refractivity contribution in [3.8, 4) is 0 Å². The van der Waals surface area contributed by atoms with Crippen LogP contribution in [0.2, 0.25) is 22.2 Å². The van der Waals surface area contributed by atoms with Gasteiger partial charge in [0, 0.05) is 24.4 Å². The SMILES string of the molecule is CO[C@@H]1[C@@H]2O[Si](C(C)C)(C(C)C)O[Si](C(C)C)(C(C)C)OC[C@H]2O[C@H]1n1cc(C)c(NC(=O)c2ccccc2)nc1=O. The topological polar surface area (TPSA) is 110 Å². The summed E-state index contributed by atoms with van der Waals surface area (Å²) in [6, 6.07) is 8.80. The summed E-state index contributed by atoms with van der Waals surface area (Å²) >= 11 is 0. The fraction of sp³-hybridized carbons (Fsp3) is 0.633. The lowest BCUT2D eigenvalue weighted by molar-refractivity contribution is -0.0639. The number of methoxy groups -OCH3 is 1. The molecule has 232 valence electrons. The number of nitrogens with zero attached hydrogens (tertiary/aromatic N) is 2. The first-order valence-electron chi connectivity index (χ1n) is 14.9. The Labute approximate surface area is 251 Å². The summed E-state index contributed by atoms with van der Waals surface area (Å²) < 4.78 is 35.3. The van der Waals surface area contributed by atoms with E-state index in [2.05, 4.69) is 65.7 Å². The number of aromatic nitrogens is 2. The first kappa shape index (κ1) is 32.7. The quantitative estimate of drug-likeness (QED) is 0.377. The molecule has 2 aliphatic rings. The van der Waals surface area contributed by atoms with Crippen LogP contribution in [0, 0.1) is 6.92 Å². The second-order valence-electron chi connectivity index (χ2n) is 12.6. The fourth-order valence-corrected chi connectivity index (χ4v) is 17.4. The number of rotatable bonds is 8. The molecule has 4 atom stereocenters. The van der Waals surface area contributed by atoms with E-state index in [-0.39, 0.29) is 40.5 Å². The van der Waals surface area contributed by atoms with Gasteiger partial charge in [-0.15, -0.1) is 0 Å². The van der Waals surface area contributed by atoms with Crippen molar-refractivity contribution in [2.24, 2.45) is 0 Å². The molecule has 2 saturated heterocycles. The number of hydrogen-bond donors (Lipinski definition) is 1. The second kappa shape index (κ2) is 12.8. The Kier molecular flexibility index (Phi) is 9.97. The van der Waals surface area contributed by atoms with Crippen LogP contribution in [-0.2, 0) is 22.4 Å². The van der Waals surface area contributed by atoms with Crippen molar-refractivity contribution < 1.29 is 27.2 Å². The number of carbonyl (C=O) groups is 1. The third-order valence-electron chi connectivity index (χ3n) is 8.57. The molecular formula is C30H47N3O7Si2. The van der Waals surface area contributed by atoms with Gasteiger partial charge in [0.15, 0.2) is 6.23 Å². The zero-order chi connectivity index (χ0) is 31.0. The molecule has 1 amide bonds. The van der Waals surface area contributed by atoms with Crippen molar-refractivity contribution in [2.75, 3.05) is 19.0 Å². The summed E-state index contributed by atoms with van der Waals surface area (Å²) in [6.45, 7) is 19.4. The average Bonchev–Trinajstić information content (AvgIpc) is 3.26. The highest BCUT2D eigenvalue weighted by Gasteiger charge is 2.62. The summed E-state index contributed by atoms with van der Waals surface area (Å²) in [4.78, 5) is 30.4. The minimum absolute atomic E-state index is 0.139. The molecule has 0 bridgehead atoms.